The molecule has 0 radical (unpaired) electrons. The molecule has 0 unspecified atom stereocenters. The van der Waals surface area contributed by atoms with Crippen molar-refractivity contribution >= 4 is 34.6 Å². The van der Waals surface area contributed by atoms with E-state index < -0.39 is 0 Å². The third-order valence-electron chi connectivity index (χ3n) is 4.37. The fraction of sp³-hybridized carbons (Fsp3) is 0. The van der Waals surface area contributed by atoms with E-state index in [0.29, 0.717) is 44.4 Å². The van der Waals surface area contributed by atoms with Gasteiger partial charge in [0.15, 0.2) is 0 Å². The minimum absolute atomic E-state index is 0.478. The predicted octanol–water partition coefficient (Wildman–Crippen LogP) is 7.41. The molecule has 0 bridgehead atoms. The third kappa shape index (κ3) is 4.62. The highest BCUT2D eigenvalue weighted by molar-refractivity contribution is 6.33. The lowest BCUT2D eigenvalue weighted by Crippen LogP contribution is -1.90. The Kier molecular flexibility index (Phi) is 5.70. The molecular weight excluding hydrogens is 419 g/mol. The maximum absolute atomic E-state index is 6.44. The highest BCUT2D eigenvalue weighted by Gasteiger charge is 2.10. The van der Waals surface area contributed by atoms with Crippen molar-refractivity contribution in [1.82, 2.24) is 0 Å². The van der Waals surface area contributed by atoms with E-state index in [0.717, 1.165) is 11.1 Å². The lowest BCUT2D eigenvalue weighted by atomic mass is 10.1. The summed E-state index contributed by atoms with van der Waals surface area (Å²) in [6, 6.07) is 25.5. The second-order valence-electron chi connectivity index (χ2n) is 6.64. The first kappa shape index (κ1) is 20.0. The summed E-state index contributed by atoms with van der Waals surface area (Å²) < 4.78 is 11.7. The Morgan fingerprint density at radius 3 is 1.33 bits per heavy atom. The van der Waals surface area contributed by atoms with Crippen LogP contribution in [0, 0.1) is 0 Å². The molecule has 0 atom stereocenters. The van der Waals surface area contributed by atoms with E-state index in [1.54, 1.807) is 24.3 Å². The Morgan fingerprint density at radius 2 is 0.967 bits per heavy atom. The van der Waals surface area contributed by atoms with E-state index in [4.69, 9.17) is 44.1 Å². The van der Waals surface area contributed by atoms with Crippen LogP contribution in [0.15, 0.2) is 84.9 Å². The van der Waals surface area contributed by atoms with E-state index in [1.807, 2.05) is 60.7 Å². The van der Waals surface area contributed by atoms with Gasteiger partial charge in [-0.1, -0.05) is 47.5 Å². The molecule has 0 aliphatic rings. The first-order valence-electron chi connectivity index (χ1n) is 9.14. The molecule has 0 heterocycles. The molecule has 0 aliphatic carbocycles. The van der Waals surface area contributed by atoms with Crippen LogP contribution in [0.2, 0.25) is 10.0 Å². The highest BCUT2D eigenvalue weighted by atomic mass is 35.5. The normalized spacial score (nSPS) is 10.6. The molecule has 0 spiro atoms. The maximum Gasteiger partial charge on any atom is 0.146 e. The highest BCUT2D eigenvalue weighted by Crippen LogP contribution is 2.37. The Labute approximate surface area is 184 Å². The van der Waals surface area contributed by atoms with Crippen LogP contribution in [-0.4, -0.2) is 0 Å². The standard InChI is InChI=1S/C24H18Cl2N2O2/c25-21-11-15(7-9-23(21)29-19-5-1-3-17(27)13-19)16-8-10-24(22(26)12-16)30-20-6-2-4-18(28)14-20/h1-14H,27-28H2. The average molecular weight is 437 g/mol. The minimum atomic E-state index is 0.478. The van der Waals surface area contributed by atoms with Crippen LogP contribution in [0.25, 0.3) is 11.1 Å². The average Bonchev–Trinajstić information content (AvgIpc) is 2.71. The molecule has 0 saturated carbocycles. The molecule has 0 fully saturated rings. The molecule has 4 nitrogen and oxygen atoms in total. The van der Waals surface area contributed by atoms with Gasteiger partial charge < -0.3 is 20.9 Å². The molecule has 0 amide bonds. The van der Waals surface area contributed by atoms with Crippen LogP contribution in [-0.2, 0) is 0 Å². The zero-order valence-electron chi connectivity index (χ0n) is 15.8. The predicted molar refractivity (Wildman–Crippen MR) is 124 cm³/mol. The summed E-state index contributed by atoms with van der Waals surface area (Å²) in [5, 5.41) is 0.956. The van der Waals surface area contributed by atoms with Gasteiger partial charge in [0.25, 0.3) is 0 Å². The second-order valence-corrected chi connectivity index (χ2v) is 7.45. The summed E-state index contributed by atoms with van der Waals surface area (Å²) >= 11 is 12.9. The topological polar surface area (TPSA) is 70.5 Å². The smallest absolute Gasteiger partial charge is 0.146 e. The zero-order chi connectivity index (χ0) is 21.1. The quantitative estimate of drug-likeness (QED) is 0.319. The van der Waals surface area contributed by atoms with E-state index in [-0.39, 0.29) is 0 Å². The number of benzene rings is 4. The summed E-state index contributed by atoms with van der Waals surface area (Å²) in [5.74, 6) is 2.32. The van der Waals surface area contributed by atoms with Crippen LogP contribution < -0.4 is 20.9 Å². The van der Waals surface area contributed by atoms with Crippen molar-refractivity contribution < 1.29 is 9.47 Å². The first-order chi connectivity index (χ1) is 14.5. The second kappa shape index (κ2) is 8.57. The molecule has 0 aliphatic heterocycles. The number of ether oxygens (including phenoxy) is 2. The van der Waals surface area contributed by atoms with Crippen molar-refractivity contribution in [1.29, 1.82) is 0 Å². The molecule has 0 saturated heterocycles. The molecule has 4 aromatic carbocycles. The largest absolute Gasteiger partial charge is 0.456 e. The van der Waals surface area contributed by atoms with Crippen LogP contribution >= 0.6 is 23.2 Å². The van der Waals surface area contributed by atoms with E-state index in [9.17, 15) is 0 Å². The molecule has 6 heteroatoms. The molecular formula is C24H18Cl2N2O2. The van der Waals surface area contributed by atoms with Crippen LogP contribution in [0.1, 0.15) is 0 Å². The van der Waals surface area contributed by atoms with Gasteiger partial charge in [-0.25, -0.2) is 0 Å². The van der Waals surface area contributed by atoms with E-state index in [2.05, 4.69) is 0 Å². The van der Waals surface area contributed by atoms with Gasteiger partial charge in [0.1, 0.15) is 23.0 Å². The third-order valence-corrected chi connectivity index (χ3v) is 4.96. The summed E-state index contributed by atoms with van der Waals surface area (Å²) in [6.45, 7) is 0. The Balaban J connectivity index is 1.55. The monoisotopic (exact) mass is 436 g/mol. The van der Waals surface area contributed by atoms with Crippen molar-refractivity contribution in [3.05, 3.63) is 95.0 Å². The van der Waals surface area contributed by atoms with Crippen molar-refractivity contribution in [3.8, 4) is 34.1 Å². The zero-order valence-corrected chi connectivity index (χ0v) is 17.3. The number of nitrogen functional groups attached to an aromatic ring is 2. The van der Waals surface area contributed by atoms with Crippen molar-refractivity contribution in [2.75, 3.05) is 11.5 Å². The SMILES string of the molecule is Nc1cccc(Oc2ccc(-c3ccc(Oc4cccc(N)c4)c(Cl)c3)cc2Cl)c1. The molecule has 0 aromatic heterocycles. The number of halogens is 2. The Bertz CT molecular complexity index is 1120. The fourth-order valence-corrected chi connectivity index (χ4v) is 3.37. The Hall–Kier alpha value is -3.34. The van der Waals surface area contributed by atoms with Gasteiger partial charge in [-0.3, -0.25) is 0 Å². The molecule has 4 N–H and O–H groups in total. The Morgan fingerprint density at radius 1 is 0.533 bits per heavy atom. The van der Waals surface area contributed by atoms with Gasteiger partial charge in [0, 0.05) is 23.5 Å². The number of rotatable bonds is 5. The van der Waals surface area contributed by atoms with Gasteiger partial charge in [-0.15, -0.1) is 0 Å². The molecule has 150 valence electrons. The van der Waals surface area contributed by atoms with Gasteiger partial charge in [-0.05, 0) is 59.7 Å². The number of hydrogen-bond acceptors (Lipinski definition) is 4. The van der Waals surface area contributed by atoms with Gasteiger partial charge >= 0.3 is 0 Å². The van der Waals surface area contributed by atoms with E-state index in [1.165, 1.54) is 0 Å². The molecule has 4 rings (SSSR count). The van der Waals surface area contributed by atoms with Crippen LogP contribution in [0.3, 0.4) is 0 Å². The summed E-state index contributed by atoms with van der Waals surface area (Å²) in [4.78, 5) is 0. The van der Waals surface area contributed by atoms with Crippen LogP contribution in [0.4, 0.5) is 11.4 Å². The molecule has 4 aromatic rings. The van der Waals surface area contributed by atoms with Crippen LogP contribution in [0.5, 0.6) is 23.0 Å². The molecule has 30 heavy (non-hydrogen) atoms. The van der Waals surface area contributed by atoms with Crippen molar-refractivity contribution in [2.45, 2.75) is 0 Å². The fourth-order valence-electron chi connectivity index (χ4n) is 2.94. The van der Waals surface area contributed by atoms with Gasteiger partial charge in [-0.2, -0.15) is 0 Å². The van der Waals surface area contributed by atoms with Crippen molar-refractivity contribution in [2.24, 2.45) is 0 Å². The summed E-state index contributed by atoms with van der Waals surface area (Å²) in [6.07, 6.45) is 0. The number of anilines is 2. The minimum Gasteiger partial charge on any atom is -0.456 e. The summed E-state index contributed by atoms with van der Waals surface area (Å²) in [5.41, 5.74) is 14.6. The summed E-state index contributed by atoms with van der Waals surface area (Å²) in [7, 11) is 0. The van der Waals surface area contributed by atoms with Gasteiger partial charge in [0.2, 0.25) is 0 Å². The van der Waals surface area contributed by atoms with Crippen molar-refractivity contribution in [3.63, 3.8) is 0 Å². The van der Waals surface area contributed by atoms with Gasteiger partial charge in [0.05, 0.1) is 10.0 Å². The first-order valence-corrected chi connectivity index (χ1v) is 9.90. The maximum atomic E-state index is 6.44. The lowest BCUT2D eigenvalue weighted by molar-refractivity contribution is 0.483. The number of nitrogens with two attached hydrogens (primary N) is 2. The lowest BCUT2D eigenvalue weighted by Gasteiger charge is -2.12. The number of hydrogen-bond donors (Lipinski definition) is 2. The van der Waals surface area contributed by atoms with E-state index >= 15 is 0 Å².